The number of Topliss-reactive ketones (excluding diaryl/α,β-unsaturated/α-hetero) is 1. The Morgan fingerprint density at radius 3 is 2.69 bits per heavy atom. The third kappa shape index (κ3) is 4.74. The molecule has 1 aliphatic rings. The number of carbonyl (C=O) groups excluding carboxylic acids is 1. The molecule has 1 aliphatic heterocycles. The van der Waals surface area contributed by atoms with Crippen LogP contribution >= 0.6 is 0 Å². The lowest BCUT2D eigenvalue weighted by molar-refractivity contribution is 0.0922. The Bertz CT molecular complexity index is 1360. The van der Waals surface area contributed by atoms with Crippen LogP contribution in [0.2, 0.25) is 0 Å². The number of aromatic nitrogens is 2. The van der Waals surface area contributed by atoms with Gasteiger partial charge in [0.25, 0.3) is 0 Å². The zero-order valence-electron chi connectivity index (χ0n) is 20.4. The molecule has 7 nitrogen and oxygen atoms in total. The normalized spacial score (nSPS) is 15.3. The average Bonchev–Trinajstić information content (AvgIpc) is 3.35. The maximum atomic E-state index is 13.6. The molecule has 3 aromatic carbocycles. The van der Waals surface area contributed by atoms with Gasteiger partial charge in [-0.1, -0.05) is 60.7 Å². The number of imidazole rings is 1. The largest absolute Gasteiger partial charge is 0.395 e. The molecule has 0 amide bonds. The van der Waals surface area contributed by atoms with Crippen molar-refractivity contribution in [2.24, 2.45) is 5.73 Å². The van der Waals surface area contributed by atoms with Crippen molar-refractivity contribution >= 4 is 5.78 Å². The molecule has 1 unspecified atom stereocenters. The number of nitrogens with one attached hydrogen (secondary N) is 1. The zero-order valence-corrected chi connectivity index (χ0v) is 20.4. The van der Waals surface area contributed by atoms with Crippen molar-refractivity contribution in [3.8, 4) is 16.8 Å². The Hall–Kier alpha value is -3.62. The Balaban J connectivity index is 1.41. The predicted molar refractivity (Wildman–Crippen MR) is 141 cm³/mol. The number of hydrogen-bond donors (Lipinski definition) is 3. The van der Waals surface area contributed by atoms with Crippen LogP contribution in [0.5, 0.6) is 0 Å². The number of likely N-dealkylation sites (N-methyl/N-ethyl adjacent to an activating group) is 1. The second kappa shape index (κ2) is 10.6. The van der Waals surface area contributed by atoms with Gasteiger partial charge in [-0.25, -0.2) is 4.98 Å². The minimum absolute atomic E-state index is 0.00526. The molecule has 0 aliphatic carbocycles. The number of hydrogen-bond acceptors (Lipinski definition) is 6. The Kier molecular flexibility index (Phi) is 7.06. The van der Waals surface area contributed by atoms with Gasteiger partial charge in [-0.3, -0.25) is 19.6 Å². The van der Waals surface area contributed by atoms with Gasteiger partial charge in [0.2, 0.25) is 5.78 Å². The summed E-state index contributed by atoms with van der Waals surface area (Å²) in [6.07, 6.45) is 1.72. The summed E-state index contributed by atoms with van der Waals surface area (Å²) in [6.45, 7) is 2.47. The monoisotopic (exact) mass is 481 g/mol. The number of rotatable bonds is 8. The predicted octanol–water partition coefficient (Wildman–Crippen LogP) is 3.45. The van der Waals surface area contributed by atoms with Gasteiger partial charge in [0, 0.05) is 31.9 Å². The van der Waals surface area contributed by atoms with E-state index in [4.69, 9.17) is 5.73 Å². The highest BCUT2D eigenvalue weighted by atomic mass is 16.3. The van der Waals surface area contributed by atoms with Crippen LogP contribution in [0.3, 0.4) is 0 Å². The lowest BCUT2D eigenvalue weighted by Gasteiger charge is -2.24. The van der Waals surface area contributed by atoms with Crippen LogP contribution < -0.4 is 11.1 Å². The van der Waals surface area contributed by atoms with E-state index in [1.165, 1.54) is 5.56 Å². The van der Waals surface area contributed by atoms with E-state index in [0.717, 1.165) is 40.2 Å². The Labute approximate surface area is 211 Å². The molecule has 0 saturated heterocycles. The molecule has 7 heteroatoms. The standard InChI is InChI=1S/C29H31N5O2/c1-33(13-14-35)18-23-6-2-3-8-25(23)21-9-11-22(12-10-21)27-29(36)28-26(17-31-27)32-19-34(28)24-7-4-5-20(15-24)16-30/h2-12,15,19,27,31,35H,13-14,16-18,30H2,1H3. The van der Waals surface area contributed by atoms with Gasteiger partial charge < -0.3 is 10.8 Å². The molecule has 0 saturated carbocycles. The number of carbonyl (C=O) groups is 1. The van der Waals surface area contributed by atoms with Crippen molar-refractivity contribution < 1.29 is 9.90 Å². The van der Waals surface area contributed by atoms with Crippen LogP contribution in [-0.4, -0.2) is 45.5 Å². The molecular weight excluding hydrogens is 450 g/mol. The van der Waals surface area contributed by atoms with Crippen molar-refractivity contribution in [1.82, 2.24) is 19.8 Å². The summed E-state index contributed by atoms with van der Waals surface area (Å²) >= 11 is 0. The van der Waals surface area contributed by atoms with Crippen LogP contribution in [0.1, 0.15) is 38.9 Å². The summed E-state index contributed by atoms with van der Waals surface area (Å²) < 4.78 is 1.87. The van der Waals surface area contributed by atoms with Crippen LogP contribution in [0.25, 0.3) is 16.8 Å². The fourth-order valence-electron chi connectivity index (χ4n) is 4.84. The van der Waals surface area contributed by atoms with E-state index in [1.54, 1.807) is 6.33 Å². The number of benzene rings is 3. The van der Waals surface area contributed by atoms with Gasteiger partial charge in [0.1, 0.15) is 12.0 Å². The SMILES string of the molecule is CN(CCO)Cc1ccccc1-c1ccc(C2NCc3ncn(-c4cccc(CN)c4)c3C2=O)cc1. The molecule has 5 rings (SSSR count). The topological polar surface area (TPSA) is 96.4 Å². The van der Waals surface area contributed by atoms with Crippen LogP contribution in [0.15, 0.2) is 79.1 Å². The highest BCUT2D eigenvalue weighted by Gasteiger charge is 2.32. The minimum atomic E-state index is -0.439. The summed E-state index contributed by atoms with van der Waals surface area (Å²) in [5, 5.41) is 12.6. The molecule has 2 heterocycles. The highest BCUT2D eigenvalue weighted by Crippen LogP contribution is 2.30. The number of fused-ring (bicyclic) bond motifs is 1. The van der Waals surface area contributed by atoms with E-state index < -0.39 is 6.04 Å². The smallest absolute Gasteiger partial charge is 0.202 e. The van der Waals surface area contributed by atoms with Crippen molar-refractivity contribution in [2.45, 2.75) is 25.7 Å². The number of nitrogens with two attached hydrogens (primary N) is 1. The number of nitrogens with zero attached hydrogens (tertiary/aromatic N) is 3. The van der Waals surface area contributed by atoms with Crippen molar-refractivity contribution in [2.75, 3.05) is 20.2 Å². The van der Waals surface area contributed by atoms with Crippen LogP contribution in [-0.2, 0) is 19.6 Å². The van der Waals surface area contributed by atoms with Gasteiger partial charge in [-0.2, -0.15) is 0 Å². The van der Waals surface area contributed by atoms with E-state index in [9.17, 15) is 9.90 Å². The summed E-state index contributed by atoms with van der Waals surface area (Å²) in [5.74, 6) is 0.00526. The molecule has 4 aromatic rings. The maximum Gasteiger partial charge on any atom is 0.202 e. The summed E-state index contributed by atoms with van der Waals surface area (Å²) in [7, 11) is 2.00. The fraction of sp³-hybridized carbons (Fsp3) is 0.241. The first-order valence-electron chi connectivity index (χ1n) is 12.2. The number of aliphatic hydroxyl groups is 1. The van der Waals surface area contributed by atoms with Gasteiger partial charge in [-0.15, -0.1) is 0 Å². The van der Waals surface area contributed by atoms with Gasteiger partial charge >= 0.3 is 0 Å². The molecule has 0 fully saturated rings. The molecule has 1 aromatic heterocycles. The number of aliphatic hydroxyl groups excluding tert-OH is 1. The quantitative estimate of drug-likeness (QED) is 0.357. The Morgan fingerprint density at radius 2 is 1.92 bits per heavy atom. The maximum absolute atomic E-state index is 13.6. The second-order valence-corrected chi connectivity index (χ2v) is 9.20. The van der Waals surface area contributed by atoms with Crippen LogP contribution in [0, 0.1) is 0 Å². The van der Waals surface area contributed by atoms with Crippen molar-refractivity contribution in [3.05, 3.63) is 107 Å². The van der Waals surface area contributed by atoms with Gasteiger partial charge in [0.05, 0.1) is 18.3 Å². The molecule has 0 radical (unpaired) electrons. The van der Waals surface area contributed by atoms with Crippen LogP contribution in [0.4, 0.5) is 0 Å². The van der Waals surface area contributed by atoms with Gasteiger partial charge in [-0.05, 0) is 47.0 Å². The second-order valence-electron chi connectivity index (χ2n) is 9.20. The average molecular weight is 482 g/mol. The first-order chi connectivity index (χ1) is 17.6. The third-order valence-electron chi connectivity index (χ3n) is 6.73. The molecule has 4 N–H and O–H groups in total. The van der Waals surface area contributed by atoms with E-state index in [0.29, 0.717) is 25.3 Å². The van der Waals surface area contributed by atoms with E-state index in [1.807, 2.05) is 60.1 Å². The van der Waals surface area contributed by atoms with E-state index >= 15 is 0 Å². The Morgan fingerprint density at radius 1 is 1.11 bits per heavy atom. The minimum Gasteiger partial charge on any atom is -0.395 e. The molecule has 0 spiro atoms. The first kappa shape index (κ1) is 24.1. The molecule has 36 heavy (non-hydrogen) atoms. The number of ketones is 1. The molecule has 0 bridgehead atoms. The first-order valence-corrected chi connectivity index (χ1v) is 12.2. The summed E-state index contributed by atoms with van der Waals surface area (Å²) in [4.78, 5) is 20.2. The lowest BCUT2D eigenvalue weighted by atomic mass is 9.93. The molecule has 184 valence electrons. The molecular formula is C29H31N5O2. The van der Waals surface area contributed by atoms with E-state index in [-0.39, 0.29) is 12.4 Å². The summed E-state index contributed by atoms with van der Waals surface area (Å²) in [5.41, 5.74) is 13.5. The van der Waals surface area contributed by atoms with E-state index in [2.05, 4.69) is 39.5 Å². The van der Waals surface area contributed by atoms with Gasteiger partial charge in [0.15, 0.2) is 0 Å². The highest BCUT2D eigenvalue weighted by molar-refractivity contribution is 6.01. The molecule has 1 atom stereocenters. The van der Waals surface area contributed by atoms with Crippen molar-refractivity contribution in [1.29, 1.82) is 0 Å². The summed E-state index contributed by atoms with van der Waals surface area (Å²) in [6, 6.07) is 24.0. The lowest BCUT2D eigenvalue weighted by Crippen LogP contribution is -2.35. The fourth-order valence-corrected chi connectivity index (χ4v) is 4.84. The zero-order chi connectivity index (χ0) is 25.1. The third-order valence-corrected chi connectivity index (χ3v) is 6.73. The van der Waals surface area contributed by atoms with Crippen molar-refractivity contribution in [3.63, 3.8) is 0 Å².